The van der Waals surface area contributed by atoms with Crippen LogP contribution in [0, 0.1) is 7.43 Å². The predicted octanol–water partition coefficient (Wildman–Crippen LogP) is 4.15. The molecule has 6 aromatic heterocycles. The van der Waals surface area contributed by atoms with E-state index in [0.29, 0.717) is 9.21 Å². The van der Waals surface area contributed by atoms with Crippen molar-refractivity contribution in [3.63, 3.8) is 0 Å². The minimum Gasteiger partial charge on any atom is -1.00 e. The number of aromatic nitrogens is 10. The summed E-state index contributed by atoms with van der Waals surface area (Å²) in [7, 11) is 0. The average Bonchev–Trinajstić information content (AvgIpc) is 3.81. The van der Waals surface area contributed by atoms with Gasteiger partial charge in [-0.3, -0.25) is 4.79 Å². The second kappa shape index (κ2) is 20.4. The molecular weight excluding hydrogens is 966 g/mol. The first-order valence-electron chi connectivity index (χ1n) is 14.6. The minimum atomic E-state index is -4.83. The Bertz CT molecular complexity index is 2150. The number of hydrogen-bond acceptors (Lipinski definition) is 12. The van der Waals surface area contributed by atoms with Crippen molar-refractivity contribution in [2.24, 2.45) is 0 Å². The number of alkyl halides is 6. The van der Waals surface area contributed by atoms with Crippen LogP contribution in [0.5, 0.6) is 23.3 Å². The molecule has 6 aromatic rings. The molecule has 14 nitrogen and oxygen atoms in total. The van der Waals surface area contributed by atoms with E-state index in [2.05, 4.69) is 72.0 Å². The van der Waals surface area contributed by atoms with E-state index in [9.17, 15) is 36.2 Å². The summed E-state index contributed by atoms with van der Waals surface area (Å²) in [4.78, 5) is 34.4. The maximum Gasteiger partial charge on any atom is 2.00 e. The van der Waals surface area contributed by atoms with Crippen molar-refractivity contribution in [2.75, 3.05) is 0 Å². The van der Waals surface area contributed by atoms with E-state index in [0.717, 1.165) is 16.8 Å². The van der Waals surface area contributed by atoms with Crippen molar-refractivity contribution >= 4 is 60.7 Å². The van der Waals surface area contributed by atoms with Crippen LogP contribution in [0.2, 0.25) is 0 Å². The van der Waals surface area contributed by atoms with Crippen molar-refractivity contribution in [1.29, 1.82) is 0 Å². The number of halogens is 9. The van der Waals surface area contributed by atoms with Gasteiger partial charge in [0.15, 0.2) is 17.2 Å². The molecule has 0 aliphatic carbocycles. The van der Waals surface area contributed by atoms with Crippen LogP contribution < -0.4 is 26.5 Å². The SMILES string of the molecule is CC(O)(Cn1cncn1)c1ccc(Oc2ccc(Br)nc2)nc1C(F)(F)F.O=C(Cn1cncn1)c1ccc(Oc2ccc(Br)nc2)nc1C(F)(F)F.[Br-].[CH3-].[Mg+2]. The first kappa shape index (κ1) is 48.0. The third kappa shape index (κ3) is 13.2. The number of rotatable bonds is 10. The molecule has 292 valence electrons. The Morgan fingerprint density at radius 3 is 1.68 bits per heavy atom. The fourth-order valence-electron chi connectivity index (χ4n) is 4.44. The maximum absolute atomic E-state index is 13.5. The zero-order valence-electron chi connectivity index (χ0n) is 28.7. The van der Waals surface area contributed by atoms with Crippen molar-refractivity contribution < 1.29 is 62.7 Å². The van der Waals surface area contributed by atoms with Gasteiger partial charge in [-0.1, -0.05) is 0 Å². The number of ketones is 1. The molecule has 0 fully saturated rings. The zero-order chi connectivity index (χ0) is 38.4. The molecule has 0 spiro atoms. The maximum atomic E-state index is 13.5. The number of carbonyl (C=O) groups excluding carboxylic acids is 1. The first-order chi connectivity index (χ1) is 25.0. The summed E-state index contributed by atoms with van der Waals surface area (Å²) >= 11 is 6.29. The molecule has 24 heteroatoms. The Kier molecular flexibility index (Phi) is 17.5. The van der Waals surface area contributed by atoms with Crippen LogP contribution in [0.1, 0.15) is 34.2 Å². The molecule has 1 unspecified atom stereocenters. The number of Topliss-reactive ketones (excluding diaryl/α,β-unsaturated/α-hetero) is 1. The van der Waals surface area contributed by atoms with Gasteiger partial charge in [-0.25, -0.2) is 39.3 Å². The van der Waals surface area contributed by atoms with Crippen LogP contribution >= 0.6 is 31.9 Å². The monoisotopic (exact) mass is 988 g/mol. The summed E-state index contributed by atoms with van der Waals surface area (Å²) in [5.74, 6) is -0.950. The molecule has 0 aliphatic heterocycles. The average molecular weight is 992 g/mol. The molecule has 0 bridgehead atoms. The molecule has 0 saturated heterocycles. The molecule has 0 saturated carbocycles. The van der Waals surface area contributed by atoms with Gasteiger partial charge in [0, 0.05) is 17.7 Å². The van der Waals surface area contributed by atoms with Gasteiger partial charge in [-0.15, -0.1) is 0 Å². The van der Waals surface area contributed by atoms with Gasteiger partial charge >= 0.3 is 35.4 Å². The number of aliphatic hydroxyl groups is 1. The van der Waals surface area contributed by atoms with E-state index >= 15 is 0 Å². The summed E-state index contributed by atoms with van der Waals surface area (Å²) < 4.78 is 94.7. The predicted molar refractivity (Wildman–Crippen MR) is 189 cm³/mol. The summed E-state index contributed by atoms with van der Waals surface area (Å²) in [5, 5.41) is 18.1. The number of pyridine rings is 4. The van der Waals surface area contributed by atoms with Crippen molar-refractivity contribution in [3.8, 4) is 23.3 Å². The van der Waals surface area contributed by atoms with Gasteiger partial charge in [-0.05, 0) is 75.2 Å². The second-order valence-electron chi connectivity index (χ2n) is 10.8. The van der Waals surface area contributed by atoms with Crippen molar-refractivity contribution in [3.05, 3.63) is 125 Å². The Morgan fingerprint density at radius 2 is 1.23 bits per heavy atom. The van der Waals surface area contributed by atoms with Crippen LogP contribution in [0.15, 0.2) is 95.4 Å². The third-order valence-corrected chi connectivity index (χ3v) is 7.65. The van der Waals surface area contributed by atoms with Gasteiger partial charge < -0.3 is 39.0 Å². The molecule has 0 amide bonds. The number of hydrogen-bond donors (Lipinski definition) is 1. The Labute approximate surface area is 357 Å². The van der Waals surface area contributed by atoms with E-state index in [4.69, 9.17) is 9.47 Å². The fraction of sp³-hybridized carbons (Fsp3) is 0.188. The molecule has 0 radical (unpaired) electrons. The topological polar surface area (TPSA) is 169 Å². The largest absolute Gasteiger partial charge is 2.00 e. The number of ether oxygens (including phenoxy) is 2. The Balaban J connectivity index is 0.000000367. The second-order valence-corrected chi connectivity index (χ2v) is 12.4. The molecular formula is C32H25Br3F6MgN10O4. The standard InChI is InChI=1S/C16H13BrF3N5O2.C15H9BrF3N5O2.CH3.BrH.Mg/c1-15(26,7-25-9-21-8-23-25)11-3-5-13(24-14(11)16(18,19)20)27-10-2-4-12(17)22-6-10;16-12-3-1-9(5-21-12)26-13-4-2-10(14(23-13)15(17,18)19)11(25)6-24-8-20-7-22-24;;;/h2-6,8-9,26H,7H2,1H3;1-5,7-8H,6H2;1H3;1H;/q;;-1;;+2/p-1. The fourth-order valence-corrected chi connectivity index (χ4v) is 4.91. The van der Waals surface area contributed by atoms with Crippen LogP contribution in [-0.2, 0) is 31.0 Å². The molecule has 1 N–H and O–H groups in total. The molecule has 0 aromatic carbocycles. The Morgan fingerprint density at radius 1 is 0.750 bits per heavy atom. The van der Waals surface area contributed by atoms with Crippen LogP contribution in [0.3, 0.4) is 0 Å². The van der Waals surface area contributed by atoms with Gasteiger partial charge in [0.1, 0.15) is 58.2 Å². The molecule has 1 atom stereocenters. The Hall–Kier alpha value is -4.10. The summed E-state index contributed by atoms with van der Waals surface area (Å²) in [6.45, 7) is 0.635. The van der Waals surface area contributed by atoms with E-state index in [1.165, 1.54) is 73.6 Å². The minimum absolute atomic E-state index is 0. The quantitative estimate of drug-likeness (QED) is 0.0686. The van der Waals surface area contributed by atoms with E-state index in [1.807, 2.05) is 0 Å². The van der Waals surface area contributed by atoms with Gasteiger partial charge in [0.25, 0.3) is 0 Å². The number of nitrogens with zero attached hydrogens (tertiary/aromatic N) is 10. The van der Waals surface area contributed by atoms with Gasteiger partial charge in [0.05, 0.1) is 24.5 Å². The summed E-state index contributed by atoms with van der Waals surface area (Å²) in [5.41, 5.74) is -5.43. The van der Waals surface area contributed by atoms with Crippen molar-refractivity contribution in [2.45, 2.75) is 38.0 Å². The van der Waals surface area contributed by atoms with Crippen LogP contribution in [0.4, 0.5) is 26.3 Å². The van der Waals surface area contributed by atoms with E-state index < -0.39 is 46.3 Å². The molecule has 6 heterocycles. The zero-order valence-corrected chi connectivity index (χ0v) is 34.9. The van der Waals surface area contributed by atoms with Gasteiger partial charge in [0.2, 0.25) is 11.8 Å². The third-order valence-electron chi connectivity index (χ3n) is 6.71. The molecule has 6 rings (SSSR count). The smallest absolute Gasteiger partial charge is 1.00 e. The van der Waals surface area contributed by atoms with Crippen molar-refractivity contribution in [1.82, 2.24) is 49.5 Å². The van der Waals surface area contributed by atoms with Gasteiger partial charge in [-0.2, -0.15) is 36.5 Å². The number of carbonyl (C=O) groups is 1. The normalized spacial score (nSPS) is 12.0. The molecule has 56 heavy (non-hydrogen) atoms. The first-order valence-corrected chi connectivity index (χ1v) is 16.2. The van der Waals surface area contributed by atoms with E-state index in [1.54, 1.807) is 12.1 Å². The van der Waals surface area contributed by atoms with Crippen LogP contribution in [0.25, 0.3) is 0 Å². The van der Waals surface area contributed by atoms with E-state index in [-0.39, 0.29) is 83.8 Å². The van der Waals surface area contributed by atoms with Crippen LogP contribution in [-0.4, -0.2) is 83.4 Å². The summed E-state index contributed by atoms with van der Waals surface area (Å²) in [6, 6.07) is 10.8. The molecule has 0 aliphatic rings. The summed E-state index contributed by atoms with van der Waals surface area (Å²) in [6.07, 6.45) is -2.02.